The van der Waals surface area contributed by atoms with Gasteiger partial charge in [-0.25, -0.2) is 4.98 Å². The molecule has 33 heavy (non-hydrogen) atoms. The zero-order valence-electron chi connectivity index (χ0n) is 17.9. The summed E-state index contributed by atoms with van der Waals surface area (Å²) < 4.78 is 12.4. The average molecular weight is 464 g/mol. The lowest BCUT2D eigenvalue weighted by Crippen LogP contribution is -2.20. The topological polar surface area (TPSA) is 107 Å². The second-order valence-corrected chi connectivity index (χ2v) is 7.82. The number of aromatic nitrogens is 3. The lowest BCUT2D eigenvalue weighted by molar-refractivity contribution is -0.118. The van der Waals surface area contributed by atoms with E-state index in [0.717, 1.165) is 5.56 Å². The minimum atomic E-state index is -0.343. The van der Waals surface area contributed by atoms with Crippen LogP contribution >= 0.6 is 11.3 Å². The number of benzene rings is 2. The summed E-state index contributed by atoms with van der Waals surface area (Å²) in [5.74, 6) is 0.336. The number of thiazole rings is 1. The van der Waals surface area contributed by atoms with E-state index in [1.807, 2.05) is 19.3 Å². The van der Waals surface area contributed by atoms with E-state index in [0.29, 0.717) is 33.6 Å². The van der Waals surface area contributed by atoms with Crippen molar-refractivity contribution in [2.45, 2.75) is 0 Å². The van der Waals surface area contributed by atoms with Gasteiger partial charge in [-0.15, -0.1) is 11.3 Å². The molecule has 10 heteroatoms. The van der Waals surface area contributed by atoms with E-state index in [1.54, 1.807) is 58.7 Å². The van der Waals surface area contributed by atoms with Gasteiger partial charge in [-0.2, -0.15) is 5.10 Å². The summed E-state index contributed by atoms with van der Waals surface area (Å²) in [6.07, 6.45) is 3.54. The molecule has 0 aliphatic heterocycles. The average Bonchev–Trinajstić information content (AvgIpc) is 3.47. The van der Waals surface area contributed by atoms with Gasteiger partial charge in [0.2, 0.25) is 0 Å². The molecule has 4 aromatic rings. The third-order valence-electron chi connectivity index (χ3n) is 4.52. The molecule has 0 unspecified atom stereocenters. The molecule has 2 aromatic heterocycles. The van der Waals surface area contributed by atoms with Gasteiger partial charge in [-0.05, 0) is 30.3 Å². The monoisotopic (exact) mass is 463 g/mol. The van der Waals surface area contributed by atoms with E-state index < -0.39 is 0 Å². The first-order valence-corrected chi connectivity index (χ1v) is 10.8. The highest BCUT2D eigenvalue weighted by atomic mass is 32.1. The number of nitrogens with one attached hydrogen (secondary N) is 2. The molecule has 4 rings (SSSR count). The summed E-state index contributed by atoms with van der Waals surface area (Å²) in [5.41, 5.74) is 2.20. The standard InChI is InChI=1S/C23H21N5O4S/c1-28-12-15(11-24-28)23-27-18(14-33-23)22(30)26-17-7-5-6-16(10-17)25-21(29)13-32-20-9-4-3-8-19(20)31-2/h3-12,14H,13H2,1-2H3,(H,25,29)(H,26,30). The molecule has 0 saturated carbocycles. The number of rotatable bonds is 8. The van der Waals surface area contributed by atoms with E-state index in [1.165, 1.54) is 18.4 Å². The molecule has 2 heterocycles. The Bertz CT molecular complexity index is 1280. The fourth-order valence-electron chi connectivity index (χ4n) is 2.99. The fourth-order valence-corrected chi connectivity index (χ4v) is 3.77. The summed E-state index contributed by atoms with van der Waals surface area (Å²) in [6, 6.07) is 13.9. The lowest BCUT2D eigenvalue weighted by atomic mass is 10.2. The Hall–Kier alpha value is -4.18. The summed E-state index contributed by atoms with van der Waals surface area (Å²) >= 11 is 1.37. The molecule has 0 bridgehead atoms. The number of amides is 2. The molecular formula is C23H21N5O4S. The molecule has 2 amide bonds. The van der Waals surface area contributed by atoms with Gasteiger partial charge >= 0.3 is 0 Å². The predicted molar refractivity (Wildman–Crippen MR) is 126 cm³/mol. The van der Waals surface area contributed by atoms with Crippen LogP contribution in [0.15, 0.2) is 66.3 Å². The molecule has 2 aromatic carbocycles. The van der Waals surface area contributed by atoms with Crippen LogP contribution < -0.4 is 20.1 Å². The Morgan fingerprint density at radius 1 is 1.06 bits per heavy atom. The van der Waals surface area contributed by atoms with Crippen molar-refractivity contribution >= 4 is 34.5 Å². The van der Waals surface area contributed by atoms with Crippen LogP contribution in [0.25, 0.3) is 10.6 Å². The van der Waals surface area contributed by atoms with Crippen molar-refractivity contribution in [1.29, 1.82) is 0 Å². The SMILES string of the molecule is COc1ccccc1OCC(=O)Nc1cccc(NC(=O)c2csc(-c3cnn(C)c3)n2)c1. The minimum Gasteiger partial charge on any atom is -0.493 e. The zero-order valence-corrected chi connectivity index (χ0v) is 18.8. The molecule has 0 atom stereocenters. The van der Waals surface area contributed by atoms with Crippen LogP contribution in [-0.2, 0) is 11.8 Å². The number of anilines is 2. The van der Waals surface area contributed by atoms with Gasteiger partial charge in [0.05, 0.1) is 13.3 Å². The van der Waals surface area contributed by atoms with Crippen LogP contribution in [0.1, 0.15) is 10.5 Å². The number of carbonyl (C=O) groups is 2. The van der Waals surface area contributed by atoms with Crippen LogP contribution in [0.2, 0.25) is 0 Å². The normalized spacial score (nSPS) is 10.5. The highest BCUT2D eigenvalue weighted by molar-refractivity contribution is 7.13. The van der Waals surface area contributed by atoms with Gasteiger partial charge in [-0.1, -0.05) is 18.2 Å². The first-order chi connectivity index (χ1) is 16.0. The van der Waals surface area contributed by atoms with Gasteiger partial charge in [0.1, 0.15) is 10.7 Å². The van der Waals surface area contributed by atoms with E-state index >= 15 is 0 Å². The van der Waals surface area contributed by atoms with Crippen molar-refractivity contribution in [1.82, 2.24) is 14.8 Å². The Kier molecular flexibility index (Phi) is 6.65. The maximum Gasteiger partial charge on any atom is 0.275 e. The van der Waals surface area contributed by atoms with Gasteiger partial charge in [0.15, 0.2) is 18.1 Å². The zero-order chi connectivity index (χ0) is 23.2. The summed E-state index contributed by atoms with van der Waals surface area (Å²) in [4.78, 5) is 29.3. The van der Waals surface area contributed by atoms with Crippen molar-refractivity contribution in [3.05, 3.63) is 72.0 Å². The quantitative estimate of drug-likeness (QED) is 0.411. The maximum atomic E-state index is 12.6. The Morgan fingerprint density at radius 2 is 1.82 bits per heavy atom. The van der Waals surface area contributed by atoms with Crippen LogP contribution in [0.5, 0.6) is 11.5 Å². The third-order valence-corrected chi connectivity index (χ3v) is 5.41. The van der Waals surface area contributed by atoms with Crippen LogP contribution in [0, 0.1) is 0 Å². The first kappa shape index (κ1) is 22.0. The van der Waals surface area contributed by atoms with Gasteiger partial charge in [-0.3, -0.25) is 14.3 Å². The van der Waals surface area contributed by atoms with Gasteiger partial charge in [0.25, 0.3) is 11.8 Å². The van der Waals surface area contributed by atoms with Crippen molar-refractivity contribution in [3.63, 3.8) is 0 Å². The summed E-state index contributed by atoms with van der Waals surface area (Å²) in [6.45, 7) is -0.188. The second-order valence-electron chi connectivity index (χ2n) is 6.96. The number of hydrogen-bond acceptors (Lipinski definition) is 7. The molecule has 0 saturated heterocycles. The number of para-hydroxylation sites is 2. The van der Waals surface area contributed by atoms with E-state index in [2.05, 4.69) is 20.7 Å². The highest BCUT2D eigenvalue weighted by Gasteiger charge is 2.14. The van der Waals surface area contributed by atoms with Crippen LogP contribution in [0.3, 0.4) is 0 Å². The number of nitrogens with zero attached hydrogens (tertiary/aromatic N) is 3. The van der Waals surface area contributed by atoms with Gasteiger partial charge < -0.3 is 20.1 Å². The van der Waals surface area contributed by atoms with Crippen molar-refractivity contribution < 1.29 is 19.1 Å². The number of hydrogen-bond donors (Lipinski definition) is 2. The predicted octanol–water partition coefficient (Wildman–Crippen LogP) is 3.82. The molecule has 0 aliphatic carbocycles. The molecule has 2 N–H and O–H groups in total. The van der Waals surface area contributed by atoms with Crippen molar-refractivity contribution in [2.75, 3.05) is 24.4 Å². The molecule has 9 nitrogen and oxygen atoms in total. The van der Waals surface area contributed by atoms with E-state index in [9.17, 15) is 9.59 Å². The van der Waals surface area contributed by atoms with Crippen molar-refractivity contribution in [2.24, 2.45) is 7.05 Å². The Balaban J connectivity index is 1.35. The minimum absolute atomic E-state index is 0.188. The maximum absolute atomic E-state index is 12.6. The largest absolute Gasteiger partial charge is 0.493 e. The fraction of sp³-hybridized carbons (Fsp3) is 0.130. The molecule has 168 valence electrons. The Morgan fingerprint density at radius 3 is 2.55 bits per heavy atom. The molecular weight excluding hydrogens is 442 g/mol. The smallest absolute Gasteiger partial charge is 0.275 e. The molecule has 0 fully saturated rings. The summed E-state index contributed by atoms with van der Waals surface area (Å²) in [5, 5.41) is 12.1. The summed E-state index contributed by atoms with van der Waals surface area (Å²) in [7, 11) is 3.36. The van der Waals surface area contributed by atoms with Crippen LogP contribution in [-0.4, -0.2) is 40.3 Å². The molecule has 0 spiro atoms. The van der Waals surface area contributed by atoms with E-state index in [-0.39, 0.29) is 18.4 Å². The first-order valence-electron chi connectivity index (χ1n) is 9.93. The number of carbonyl (C=O) groups excluding carboxylic acids is 2. The number of methoxy groups -OCH3 is 1. The van der Waals surface area contributed by atoms with Crippen molar-refractivity contribution in [3.8, 4) is 22.1 Å². The number of ether oxygens (including phenoxy) is 2. The van der Waals surface area contributed by atoms with Crippen LogP contribution in [0.4, 0.5) is 11.4 Å². The lowest BCUT2D eigenvalue weighted by Gasteiger charge is -2.11. The number of aryl methyl sites for hydroxylation is 1. The van der Waals surface area contributed by atoms with E-state index in [4.69, 9.17) is 9.47 Å². The van der Waals surface area contributed by atoms with Gasteiger partial charge in [0, 0.05) is 35.6 Å². The Labute approximate surface area is 194 Å². The third kappa shape index (κ3) is 5.55. The second kappa shape index (κ2) is 9.96. The molecule has 0 radical (unpaired) electrons. The molecule has 0 aliphatic rings. The highest BCUT2D eigenvalue weighted by Crippen LogP contribution is 2.26.